The molecule has 2 N–H and O–H groups in total. The Labute approximate surface area is 209 Å². The van der Waals surface area contributed by atoms with Crippen molar-refractivity contribution in [3.63, 3.8) is 0 Å². The molecule has 0 aliphatic rings. The molecule has 1 atom stereocenters. The van der Waals surface area contributed by atoms with Crippen LogP contribution in [-0.2, 0) is 14.3 Å². The number of carbonyl (C=O) groups is 3. The Morgan fingerprint density at radius 1 is 0.971 bits per heavy atom. The number of alkyl carbamates (subject to hydrolysis) is 1. The van der Waals surface area contributed by atoms with Gasteiger partial charge in [-0.15, -0.1) is 0 Å². The van der Waals surface area contributed by atoms with Crippen LogP contribution in [0, 0.1) is 20.8 Å². The number of anilines is 1. The van der Waals surface area contributed by atoms with E-state index in [1.165, 1.54) is 0 Å². The second kappa shape index (κ2) is 12.4. The van der Waals surface area contributed by atoms with E-state index >= 15 is 0 Å². The quantitative estimate of drug-likeness (QED) is 0.499. The largest absolute Gasteiger partial charge is 0.444 e. The molecule has 2 aromatic carbocycles. The summed E-state index contributed by atoms with van der Waals surface area (Å²) in [6.07, 6.45) is 0.896. The zero-order valence-corrected chi connectivity index (χ0v) is 22.0. The van der Waals surface area contributed by atoms with E-state index in [0.29, 0.717) is 12.2 Å². The fraction of sp³-hybridized carbons (Fsp3) is 0.464. The Balaban J connectivity index is 2.39. The van der Waals surface area contributed by atoms with Crippen LogP contribution in [0.5, 0.6) is 0 Å². The molecule has 0 aliphatic carbocycles. The second-order valence-corrected chi connectivity index (χ2v) is 9.85. The van der Waals surface area contributed by atoms with Gasteiger partial charge >= 0.3 is 6.09 Å². The number of hydrogen-bond acceptors (Lipinski definition) is 4. The van der Waals surface area contributed by atoms with E-state index in [-0.39, 0.29) is 18.4 Å². The minimum absolute atomic E-state index is 0.266. The van der Waals surface area contributed by atoms with Gasteiger partial charge in [0.25, 0.3) is 5.91 Å². The Morgan fingerprint density at radius 2 is 1.66 bits per heavy atom. The lowest BCUT2D eigenvalue weighted by atomic mass is 9.98. The fourth-order valence-electron chi connectivity index (χ4n) is 3.61. The van der Waals surface area contributed by atoms with Crippen molar-refractivity contribution in [2.45, 2.75) is 73.0 Å². The lowest BCUT2D eigenvalue weighted by molar-refractivity contribution is -0.138. The molecule has 7 heteroatoms. The Hall–Kier alpha value is -3.35. The van der Waals surface area contributed by atoms with Gasteiger partial charge in [0.15, 0.2) is 0 Å². The highest BCUT2D eigenvalue weighted by Crippen LogP contribution is 2.27. The lowest BCUT2D eigenvalue weighted by Crippen LogP contribution is -2.47. The van der Waals surface area contributed by atoms with E-state index in [1.54, 1.807) is 25.7 Å². The normalized spacial score (nSPS) is 12.0. The van der Waals surface area contributed by atoms with Crippen LogP contribution in [0.3, 0.4) is 0 Å². The number of ether oxygens (including phenoxy) is 1. The van der Waals surface area contributed by atoms with Crippen LogP contribution in [0.1, 0.15) is 68.8 Å². The summed E-state index contributed by atoms with van der Waals surface area (Å²) in [5.41, 5.74) is 3.81. The van der Waals surface area contributed by atoms with Crippen molar-refractivity contribution < 1.29 is 19.1 Å². The SMILES string of the molecule is CCCCN(C(=O)CNC(=O)OC(C)(C)C)C(C(=O)Nc1ccccc1C)c1ccc(C)c(C)c1. The Kier molecular flexibility index (Phi) is 9.87. The number of unbranched alkanes of at least 4 members (excludes halogenated alkanes) is 1. The molecule has 1 unspecified atom stereocenters. The molecule has 2 aromatic rings. The second-order valence-electron chi connectivity index (χ2n) is 9.85. The van der Waals surface area contributed by atoms with Crippen molar-refractivity contribution in [2.24, 2.45) is 0 Å². The first-order valence-electron chi connectivity index (χ1n) is 12.1. The molecule has 0 radical (unpaired) electrons. The van der Waals surface area contributed by atoms with Crippen LogP contribution in [0.4, 0.5) is 10.5 Å². The molecule has 2 rings (SSSR count). The summed E-state index contributed by atoms with van der Waals surface area (Å²) in [4.78, 5) is 40.8. The molecule has 0 saturated heterocycles. The van der Waals surface area contributed by atoms with Crippen LogP contribution in [-0.4, -0.2) is 41.5 Å². The zero-order valence-electron chi connectivity index (χ0n) is 22.0. The van der Waals surface area contributed by atoms with Gasteiger partial charge in [-0.1, -0.05) is 49.7 Å². The number of aryl methyl sites for hydroxylation is 3. The molecule has 0 heterocycles. The number of hydrogen-bond donors (Lipinski definition) is 2. The summed E-state index contributed by atoms with van der Waals surface area (Å²) < 4.78 is 5.26. The third-order valence-corrected chi connectivity index (χ3v) is 5.67. The summed E-state index contributed by atoms with van der Waals surface area (Å²) in [6, 6.07) is 12.5. The highest BCUT2D eigenvalue weighted by molar-refractivity contribution is 5.98. The van der Waals surface area contributed by atoms with Crippen LogP contribution in [0.25, 0.3) is 0 Å². The van der Waals surface area contributed by atoms with Crippen LogP contribution < -0.4 is 10.6 Å². The van der Waals surface area contributed by atoms with E-state index in [1.807, 2.05) is 70.2 Å². The first-order chi connectivity index (χ1) is 16.4. The van der Waals surface area contributed by atoms with E-state index in [4.69, 9.17) is 4.74 Å². The maximum absolute atomic E-state index is 13.7. The minimum Gasteiger partial charge on any atom is -0.444 e. The van der Waals surface area contributed by atoms with Crippen molar-refractivity contribution in [1.82, 2.24) is 10.2 Å². The highest BCUT2D eigenvalue weighted by Gasteiger charge is 2.32. The summed E-state index contributed by atoms with van der Waals surface area (Å²) in [5.74, 6) is -0.656. The number of nitrogens with one attached hydrogen (secondary N) is 2. The number of benzene rings is 2. The van der Waals surface area contributed by atoms with Gasteiger partial charge in [-0.3, -0.25) is 9.59 Å². The van der Waals surface area contributed by atoms with Gasteiger partial charge in [-0.2, -0.15) is 0 Å². The van der Waals surface area contributed by atoms with E-state index in [9.17, 15) is 14.4 Å². The summed E-state index contributed by atoms with van der Waals surface area (Å²) in [5, 5.41) is 5.54. The summed E-state index contributed by atoms with van der Waals surface area (Å²) in [6.45, 7) is 13.3. The van der Waals surface area contributed by atoms with E-state index in [2.05, 4.69) is 10.6 Å². The third kappa shape index (κ3) is 8.42. The van der Waals surface area contributed by atoms with Gasteiger partial charge in [0.05, 0.1) is 0 Å². The van der Waals surface area contributed by atoms with Gasteiger partial charge in [0.1, 0.15) is 18.2 Å². The van der Waals surface area contributed by atoms with Gasteiger partial charge in [-0.25, -0.2) is 4.79 Å². The predicted molar refractivity (Wildman–Crippen MR) is 139 cm³/mol. The smallest absolute Gasteiger partial charge is 0.408 e. The number of para-hydroxylation sites is 1. The number of rotatable bonds is 9. The number of carbonyl (C=O) groups excluding carboxylic acids is 3. The van der Waals surface area contributed by atoms with Gasteiger partial charge in [0, 0.05) is 12.2 Å². The van der Waals surface area contributed by atoms with Crippen LogP contribution in [0.15, 0.2) is 42.5 Å². The van der Waals surface area contributed by atoms with Gasteiger partial charge < -0.3 is 20.3 Å². The number of amides is 3. The Morgan fingerprint density at radius 3 is 2.26 bits per heavy atom. The van der Waals surface area contributed by atoms with E-state index in [0.717, 1.165) is 35.1 Å². The molecule has 7 nitrogen and oxygen atoms in total. The Bertz CT molecular complexity index is 1040. The standard InChI is InChI=1S/C28H39N3O4/c1-8-9-16-31(24(32)18-29-27(34)35-28(5,6)7)25(22-15-14-19(2)21(4)17-22)26(33)30-23-13-11-10-12-20(23)3/h10-15,17,25H,8-9,16,18H2,1-7H3,(H,29,34)(H,30,33). The topological polar surface area (TPSA) is 87.7 Å². The third-order valence-electron chi connectivity index (χ3n) is 5.67. The first kappa shape index (κ1) is 27.9. The molecule has 0 saturated carbocycles. The first-order valence-corrected chi connectivity index (χ1v) is 12.1. The molecule has 0 aromatic heterocycles. The summed E-state index contributed by atoms with van der Waals surface area (Å²) >= 11 is 0. The number of nitrogens with zero attached hydrogens (tertiary/aromatic N) is 1. The lowest BCUT2D eigenvalue weighted by Gasteiger charge is -2.32. The molecule has 35 heavy (non-hydrogen) atoms. The van der Waals surface area contributed by atoms with Crippen molar-refractivity contribution >= 4 is 23.6 Å². The maximum atomic E-state index is 13.7. The fourth-order valence-corrected chi connectivity index (χ4v) is 3.61. The zero-order chi connectivity index (χ0) is 26.2. The van der Waals surface area contributed by atoms with Gasteiger partial charge in [0.2, 0.25) is 5.91 Å². The van der Waals surface area contributed by atoms with Crippen molar-refractivity contribution in [1.29, 1.82) is 0 Å². The van der Waals surface area contributed by atoms with Gasteiger partial charge in [-0.05, 0) is 76.3 Å². The van der Waals surface area contributed by atoms with E-state index < -0.39 is 17.7 Å². The van der Waals surface area contributed by atoms with Crippen molar-refractivity contribution in [3.05, 3.63) is 64.7 Å². The highest BCUT2D eigenvalue weighted by atomic mass is 16.6. The molecule has 190 valence electrons. The monoisotopic (exact) mass is 481 g/mol. The molecule has 0 fully saturated rings. The minimum atomic E-state index is -0.853. The molecular formula is C28H39N3O4. The molecule has 0 spiro atoms. The average Bonchev–Trinajstić information content (AvgIpc) is 2.77. The van der Waals surface area contributed by atoms with Crippen LogP contribution >= 0.6 is 0 Å². The molecule has 3 amide bonds. The molecular weight excluding hydrogens is 442 g/mol. The predicted octanol–water partition coefficient (Wildman–Crippen LogP) is 5.45. The molecule has 0 aliphatic heterocycles. The van der Waals surface area contributed by atoms with Crippen LogP contribution in [0.2, 0.25) is 0 Å². The van der Waals surface area contributed by atoms with Crippen molar-refractivity contribution in [2.75, 3.05) is 18.4 Å². The molecule has 0 bridgehead atoms. The maximum Gasteiger partial charge on any atom is 0.408 e. The summed E-state index contributed by atoms with van der Waals surface area (Å²) in [7, 11) is 0. The van der Waals surface area contributed by atoms with Crippen molar-refractivity contribution in [3.8, 4) is 0 Å². The average molecular weight is 482 g/mol.